The molecule has 0 saturated heterocycles. The summed E-state index contributed by atoms with van der Waals surface area (Å²) in [5, 5.41) is 0. The van der Waals surface area contributed by atoms with Gasteiger partial charge in [-0.2, -0.15) is 0 Å². The Labute approximate surface area is 124 Å². The molecule has 1 aromatic rings. The summed E-state index contributed by atoms with van der Waals surface area (Å²) in [5.74, 6) is -2.97. The molecular weight excluding hydrogens is 301 g/mol. The summed E-state index contributed by atoms with van der Waals surface area (Å²) in [6, 6.07) is 1.95. The minimum absolute atomic E-state index is 0.140. The SMILES string of the molecule is CCO[Si](CCCc1cc(F)c(F)cc1F)(OC)OCC. The number of hydrogen-bond acceptors (Lipinski definition) is 3. The minimum Gasteiger partial charge on any atom is -0.377 e. The van der Waals surface area contributed by atoms with E-state index in [0.29, 0.717) is 31.7 Å². The molecule has 1 aromatic carbocycles. The lowest BCUT2D eigenvalue weighted by Crippen LogP contribution is -2.44. The second-order valence-electron chi connectivity index (χ2n) is 4.46. The summed E-state index contributed by atoms with van der Waals surface area (Å²) in [6.45, 7) is 4.60. The third kappa shape index (κ3) is 5.10. The van der Waals surface area contributed by atoms with Gasteiger partial charge < -0.3 is 13.3 Å². The van der Waals surface area contributed by atoms with Crippen LogP contribution in [0.25, 0.3) is 0 Å². The van der Waals surface area contributed by atoms with Gasteiger partial charge in [0, 0.05) is 32.4 Å². The van der Waals surface area contributed by atoms with Crippen LogP contribution < -0.4 is 0 Å². The Morgan fingerprint density at radius 2 is 1.52 bits per heavy atom. The van der Waals surface area contributed by atoms with E-state index in [4.69, 9.17) is 13.3 Å². The van der Waals surface area contributed by atoms with Gasteiger partial charge in [0.05, 0.1) is 0 Å². The summed E-state index contributed by atoms with van der Waals surface area (Å²) in [7, 11) is -1.23. The fourth-order valence-electron chi connectivity index (χ4n) is 2.10. The van der Waals surface area contributed by atoms with E-state index < -0.39 is 26.3 Å². The highest BCUT2D eigenvalue weighted by Crippen LogP contribution is 2.21. The van der Waals surface area contributed by atoms with Gasteiger partial charge in [0.2, 0.25) is 0 Å². The molecule has 0 aliphatic carbocycles. The molecule has 0 unspecified atom stereocenters. The van der Waals surface area contributed by atoms with Crippen LogP contribution in [0.1, 0.15) is 25.8 Å². The van der Waals surface area contributed by atoms with Crippen LogP contribution in [0.5, 0.6) is 0 Å². The Kier molecular flexibility index (Phi) is 7.37. The maximum Gasteiger partial charge on any atom is 0.500 e. The number of rotatable bonds is 9. The van der Waals surface area contributed by atoms with Crippen LogP contribution in [0.3, 0.4) is 0 Å². The zero-order valence-corrected chi connectivity index (χ0v) is 13.5. The van der Waals surface area contributed by atoms with Crippen LogP contribution >= 0.6 is 0 Å². The molecule has 0 bridgehead atoms. The van der Waals surface area contributed by atoms with Crippen molar-refractivity contribution in [1.82, 2.24) is 0 Å². The van der Waals surface area contributed by atoms with E-state index >= 15 is 0 Å². The first-order chi connectivity index (χ1) is 9.98. The fraction of sp³-hybridized carbons (Fsp3) is 0.571. The highest BCUT2D eigenvalue weighted by molar-refractivity contribution is 6.60. The van der Waals surface area contributed by atoms with Crippen LogP contribution in [0.2, 0.25) is 6.04 Å². The zero-order valence-electron chi connectivity index (χ0n) is 12.5. The molecule has 7 heteroatoms. The van der Waals surface area contributed by atoms with Gasteiger partial charge in [-0.15, -0.1) is 0 Å². The predicted octanol–water partition coefficient (Wildman–Crippen LogP) is 3.69. The second-order valence-corrected chi connectivity index (χ2v) is 7.32. The van der Waals surface area contributed by atoms with Crippen LogP contribution in [0.15, 0.2) is 12.1 Å². The molecule has 0 atom stereocenters. The van der Waals surface area contributed by atoms with E-state index in [1.54, 1.807) is 0 Å². The highest BCUT2D eigenvalue weighted by atomic mass is 28.4. The van der Waals surface area contributed by atoms with Crippen LogP contribution in [-0.2, 0) is 19.7 Å². The van der Waals surface area contributed by atoms with E-state index in [9.17, 15) is 13.2 Å². The Morgan fingerprint density at radius 3 is 2.05 bits per heavy atom. The molecule has 120 valence electrons. The molecule has 0 aliphatic rings. The standard InChI is InChI=1S/C14H21F3O3Si/c1-4-19-21(18-3,20-5-2)8-6-7-11-9-13(16)14(17)10-12(11)15/h9-10H,4-8H2,1-3H3. The smallest absolute Gasteiger partial charge is 0.377 e. The molecule has 0 saturated carbocycles. The van der Waals surface area contributed by atoms with Gasteiger partial charge in [-0.25, -0.2) is 13.2 Å². The minimum atomic E-state index is -2.76. The Bertz CT molecular complexity index is 451. The van der Waals surface area contributed by atoms with Gasteiger partial charge in [-0.1, -0.05) is 0 Å². The summed E-state index contributed by atoms with van der Waals surface area (Å²) < 4.78 is 56.1. The average molecular weight is 322 g/mol. The molecule has 0 aliphatic heterocycles. The van der Waals surface area contributed by atoms with E-state index in [0.717, 1.165) is 6.07 Å². The average Bonchev–Trinajstić information content (AvgIpc) is 2.44. The largest absolute Gasteiger partial charge is 0.500 e. The van der Waals surface area contributed by atoms with Crippen molar-refractivity contribution in [2.75, 3.05) is 20.3 Å². The van der Waals surface area contributed by atoms with Crippen molar-refractivity contribution in [3.8, 4) is 0 Å². The third-order valence-corrected chi connectivity index (χ3v) is 6.10. The second kappa shape index (κ2) is 8.53. The Hall–Kier alpha value is -0.893. The predicted molar refractivity (Wildman–Crippen MR) is 75.5 cm³/mol. The molecular formula is C14H21F3O3Si. The molecule has 0 N–H and O–H groups in total. The number of aryl methyl sites for hydroxylation is 1. The van der Waals surface area contributed by atoms with Gasteiger partial charge in [0.25, 0.3) is 0 Å². The van der Waals surface area contributed by atoms with E-state index in [2.05, 4.69) is 0 Å². The molecule has 0 fully saturated rings. The van der Waals surface area contributed by atoms with E-state index in [1.807, 2.05) is 13.8 Å². The normalized spacial score (nSPS) is 11.9. The topological polar surface area (TPSA) is 27.7 Å². The van der Waals surface area contributed by atoms with Crippen molar-refractivity contribution in [1.29, 1.82) is 0 Å². The molecule has 0 spiro atoms. The Morgan fingerprint density at radius 1 is 0.952 bits per heavy atom. The molecule has 1 rings (SSSR count). The first-order valence-electron chi connectivity index (χ1n) is 6.94. The molecule has 0 radical (unpaired) electrons. The van der Waals surface area contributed by atoms with Gasteiger partial charge >= 0.3 is 8.80 Å². The van der Waals surface area contributed by atoms with Gasteiger partial charge in [0.15, 0.2) is 11.6 Å². The van der Waals surface area contributed by atoms with Crippen LogP contribution in [0, 0.1) is 17.5 Å². The molecule has 0 aromatic heterocycles. The first-order valence-corrected chi connectivity index (χ1v) is 8.87. The summed E-state index contributed by atoms with van der Waals surface area (Å²) >= 11 is 0. The van der Waals surface area contributed by atoms with Crippen molar-refractivity contribution in [2.24, 2.45) is 0 Å². The van der Waals surface area contributed by atoms with Crippen molar-refractivity contribution in [3.63, 3.8) is 0 Å². The van der Waals surface area contributed by atoms with Gasteiger partial charge in [-0.3, -0.25) is 0 Å². The third-order valence-electron chi connectivity index (χ3n) is 3.06. The maximum atomic E-state index is 13.5. The molecule has 0 heterocycles. The van der Waals surface area contributed by atoms with E-state index in [-0.39, 0.29) is 12.0 Å². The molecule has 0 amide bonds. The summed E-state index contributed by atoms with van der Waals surface area (Å²) in [4.78, 5) is 0. The van der Waals surface area contributed by atoms with Crippen molar-refractivity contribution < 1.29 is 26.4 Å². The van der Waals surface area contributed by atoms with Crippen LogP contribution in [0.4, 0.5) is 13.2 Å². The van der Waals surface area contributed by atoms with Crippen molar-refractivity contribution in [2.45, 2.75) is 32.7 Å². The van der Waals surface area contributed by atoms with Crippen molar-refractivity contribution >= 4 is 8.80 Å². The van der Waals surface area contributed by atoms with Gasteiger partial charge in [0.1, 0.15) is 5.82 Å². The summed E-state index contributed by atoms with van der Waals surface area (Å²) in [6.07, 6.45) is 0.767. The summed E-state index contributed by atoms with van der Waals surface area (Å²) in [5.41, 5.74) is 0.140. The lowest BCUT2D eigenvalue weighted by atomic mass is 10.1. The quantitative estimate of drug-likeness (QED) is 0.512. The number of hydrogen-bond donors (Lipinski definition) is 0. The van der Waals surface area contributed by atoms with Gasteiger partial charge in [-0.05, 0) is 38.3 Å². The Balaban J connectivity index is 2.67. The lowest BCUT2D eigenvalue weighted by Gasteiger charge is -2.27. The van der Waals surface area contributed by atoms with Crippen LogP contribution in [-0.4, -0.2) is 29.1 Å². The highest BCUT2D eigenvalue weighted by Gasteiger charge is 2.38. The first kappa shape index (κ1) is 18.2. The lowest BCUT2D eigenvalue weighted by molar-refractivity contribution is 0.0861. The molecule has 3 nitrogen and oxygen atoms in total. The molecule has 21 heavy (non-hydrogen) atoms. The monoisotopic (exact) mass is 322 g/mol. The zero-order chi connectivity index (χ0) is 15.9. The maximum absolute atomic E-state index is 13.5. The number of benzene rings is 1. The van der Waals surface area contributed by atoms with Crippen molar-refractivity contribution in [3.05, 3.63) is 35.1 Å². The fourth-order valence-corrected chi connectivity index (χ4v) is 4.40. The van der Waals surface area contributed by atoms with E-state index in [1.165, 1.54) is 7.11 Å². The number of halogens is 3.